The second-order valence-electron chi connectivity index (χ2n) is 4.76. The Bertz CT molecular complexity index is 586. The molecule has 1 heterocycles. The van der Waals surface area contributed by atoms with Crippen molar-refractivity contribution in [2.24, 2.45) is 0 Å². The maximum Gasteiger partial charge on any atom is 0.303 e. The zero-order valence-corrected chi connectivity index (χ0v) is 11.1. The molecule has 0 spiro atoms. The molecule has 1 aromatic heterocycles. The van der Waals surface area contributed by atoms with Crippen molar-refractivity contribution >= 4 is 16.9 Å². The number of aryl methyl sites for hydroxylation is 2. The molecule has 19 heavy (non-hydrogen) atoms. The van der Waals surface area contributed by atoms with Crippen molar-refractivity contribution in [3.05, 3.63) is 30.0 Å². The summed E-state index contributed by atoms with van der Waals surface area (Å²) in [5.41, 5.74) is 2.27. The van der Waals surface area contributed by atoms with E-state index in [1.54, 1.807) is 12.1 Å². The topological polar surface area (TPSA) is 62.5 Å². The largest absolute Gasteiger partial charge is 0.508 e. The van der Waals surface area contributed by atoms with E-state index in [0.717, 1.165) is 35.9 Å². The van der Waals surface area contributed by atoms with Crippen molar-refractivity contribution in [2.45, 2.75) is 39.2 Å². The monoisotopic (exact) mass is 261 g/mol. The average Bonchev–Trinajstić information content (AvgIpc) is 2.76. The van der Waals surface area contributed by atoms with E-state index in [4.69, 9.17) is 5.11 Å². The summed E-state index contributed by atoms with van der Waals surface area (Å²) < 4.78 is 2.15. The van der Waals surface area contributed by atoms with Crippen LogP contribution in [-0.2, 0) is 17.8 Å². The number of phenols is 1. The molecule has 0 atom stereocenters. The van der Waals surface area contributed by atoms with Crippen molar-refractivity contribution in [1.82, 2.24) is 4.57 Å². The van der Waals surface area contributed by atoms with Crippen LogP contribution < -0.4 is 0 Å². The van der Waals surface area contributed by atoms with Gasteiger partial charge >= 0.3 is 5.97 Å². The first-order valence-corrected chi connectivity index (χ1v) is 6.64. The van der Waals surface area contributed by atoms with Crippen LogP contribution >= 0.6 is 0 Å². The molecule has 0 amide bonds. The van der Waals surface area contributed by atoms with Crippen LogP contribution in [0.4, 0.5) is 0 Å². The van der Waals surface area contributed by atoms with E-state index >= 15 is 0 Å². The van der Waals surface area contributed by atoms with E-state index in [1.807, 2.05) is 12.3 Å². The van der Waals surface area contributed by atoms with E-state index in [9.17, 15) is 9.90 Å². The highest BCUT2D eigenvalue weighted by Crippen LogP contribution is 2.26. The zero-order valence-electron chi connectivity index (χ0n) is 11.1. The smallest absolute Gasteiger partial charge is 0.303 e. The summed E-state index contributed by atoms with van der Waals surface area (Å²) in [7, 11) is 0. The van der Waals surface area contributed by atoms with Gasteiger partial charge in [0.15, 0.2) is 0 Å². The number of aromatic nitrogens is 1. The first kappa shape index (κ1) is 13.5. The van der Waals surface area contributed by atoms with Crippen molar-refractivity contribution in [3.63, 3.8) is 0 Å². The van der Waals surface area contributed by atoms with Gasteiger partial charge in [0, 0.05) is 24.5 Å². The van der Waals surface area contributed by atoms with Crippen LogP contribution in [0.2, 0.25) is 0 Å². The first-order chi connectivity index (χ1) is 9.11. The molecule has 4 nitrogen and oxygen atoms in total. The molecule has 0 fully saturated rings. The van der Waals surface area contributed by atoms with Crippen LogP contribution in [0, 0.1) is 0 Å². The summed E-state index contributed by atoms with van der Waals surface area (Å²) in [6, 6.07) is 5.56. The van der Waals surface area contributed by atoms with E-state index < -0.39 is 5.97 Å². The molecule has 1 aromatic carbocycles. The average molecular weight is 261 g/mol. The quantitative estimate of drug-likeness (QED) is 0.785. The molecule has 2 rings (SSSR count). The fourth-order valence-electron chi connectivity index (χ4n) is 2.44. The van der Waals surface area contributed by atoms with E-state index in [2.05, 4.69) is 11.5 Å². The molecule has 0 saturated heterocycles. The summed E-state index contributed by atoms with van der Waals surface area (Å²) in [6.45, 7) is 2.88. The Morgan fingerprint density at radius 3 is 2.79 bits per heavy atom. The predicted molar refractivity (Wildman–Crippen MR) is 74.5 cm³/mol. The third-order valence-electron chi connectivity index (χ3n) is 3.34. The van der Waals surface area contributed by atoms with Gasteiger partial charge in [-0.25, -0.2) is 0 Å². The molecule has 4 heteroatoms. The van der Waals surface area contributed by atoms with Gasteiger partial charge in [-0.2, -0.15) is 0 Å². The predicted octanol–water partition coefficient (Wildman–Crippen LogP) is 3.16. The van der Waals surface area contributed by atoms with Crippen molar-refractivity contribution in [1.29, 1.82) is 0 Å². The van der Waals surface area contributed by atoms with Gasteiger partial charge in [0.05, 0.1) is 5.52 Å². The molecule has 0 unspecified atom stereocenters. The van der Waals surface area contributed by atoms with Gasteiger partial charge in [0.2, 0.25) is 0 Å². The van der Waals surface area contributed by atoms with Gasteiger partial charge in [0.1, 0.15) is 5.75 Å². The van der Waals surface area contributed by atoms with Crippen LogP contribution in [0.1, 0.15) is 31.7 Å². The molecule has 2 aromatic rings. The number of rotatable bonds is 6. The standard InChI is InChI=1S/C15H19NO3/c1-2-11-9-13(17)10-12-6-8-16(15(11)12)7-4-3-5-14(18)19/h6,8-10,17H,2-5,7H2,1H3,(H,18,19). The summed E-state index contributed by atoms with van der Waals surface area (Å²) in [6.07, 6.45) is 4.63. The fourth-order valence-corrected chi connectivity index (χ4v) is 2.44. The number of carbonyl (C=O) groups is 1. The lowest BCUT2D eigenvalue weighted by molar-refractivity contribution is -0.137. The second-order valence-corrected chi connectivity index (χ2v) is 4.76. The van der Waals surface area contributed by atoms with Crippen LogP contribution in [0.15, 0.2) is 24.4 Å². The van der Waals surface area contributed by atoms with Crippen LogP contribution in [0.5, 0.6) is 5.75 Å². The van der Waals surface area contributed by atoms with Crippen molar-refractivity contribution < 1.29 is 15.0 Å². The molecule has 0 bridgehead atoms. The SMILES string of the molecule is CCc1cc(O)cc2ccn(CCCCC(=O)O)c12. The van der Waals surface area contributed by atoms with Crippen LogP contribution in [0.3, 0.4) is 0 Å². The Balaban J connectivity index is 2.17. The van der Waals surface area contributed by atoms with Gasteiger partial charge in [-0.05, 0) is 43.0 Å². The van der Waals surface area contributed by atoms with Crippen molar-refractivity contribution in [3.8, 4) is 5.75 Å². The highest BCUT2D eigenvalue weighted by molar-refractivity contribution is 5.85. The van der Waals surface area contributed by atoms with Gasteiger partial charge in [-0.15, -0.1) is 0 Å². The highest BCUT2D eigenvalue weighted by Gasteiger charge is 2.08. The van der Waals surface area contributed by atoms with E-state index in [0.29, 0.717) is 12.2 Å². The van der Waals surface area contributed by atoms with Gasteiger partial charge < -0.3 is 14.8 Å². The van der Waals surface area contributed by atoms with Gasteiger partial charge in [-0.1, -0.05) is 6.92 Å². The number of fused-ring (bicyclic) bond motifs is 1. The summed E-state index contributed by atoms with van der Waals surface area (Å²) >= 11 is 0. The maximum atomic E-state index is 10.5. The molecular formula is C15H19NO3. The van der Waals surface area contributed by atoms with Gasteiger partial charge in [0.25, 0.3) is 0 Å². The number of unbranched alkanes of at least 4 members (excludes halogenated alkanes) is 1. The Morgan fingerprint density at radius 2 is 2.11 bits per heavy atom. The Morgan fingerprint density at radius 1 is 1.32 bits per heavy atom. The molecular weight excluding hydrogens is 242 g/mol. The summed E-state index contributed by atoms with van der Waals surface area (Å²) in [5.74, 6) is -0.440. The molecule has 0 saturated carbocycles. The number of benzene rings is 1. The number of aromatic hydroxyl groups is 1. The number of hydrogen-bond acceptors (Lipinski definition) is 2. The number of aliphatic carboxylic acids is 1. The Kier molecular flexibility index (Phi) is 4.10. The maximum absolute atomic E-state index is 10.5. The molecule has 102 valence electrons. The zero-order chi connectivity index (χ0) is 13.8. The number of carboxylic acid groups (broad SMARTS) is 1. The third kappa shape index (κ3) is 3.08. The van der Waals surface area contributed by atoms with Crippen molar-refractivity contribution in [2.75, 3.05) is 0 Å². The van der Waals surface area contributed by atoms with E-state index in [1.165, 1.54) is 0 Å². The molecule has 0 aliphatic carbocycles. The minimum absolute atomic E-state index is 0.223. The summed E-state index contributed by atoms with van der Waals surface area (Å²) in [4.78, 5) is 10.5. The lowest BCUT2D eigenvalue weighted by Crippen LogP contribution is -2.00. The Hall–Kier alpha value is -1.97. The van der Waals surface area contributed by atoms with E-state index in [-0.39, 0.29) is 6.42 Å². The Labute approximate surface area is 112 Å². The minimum Gasteiger partial charge on any atom is -0.508 e. The molecule has 0 aliphatic heterocycles. The first-order valence-electron chi connectivity index (χ1n) is 6.64. The second kappa shape index (κ2) is 5.78. The lowest BCUT2D eigenvalue weighted by atomic mass is 10.1. The number of carboxylic acids is 1. The van der Waals surface area contributed by atoms with Crippen LogP contribution in [0.25, 0.3) is 10.9 Å². The van der Waals surface area contributed by atoms with Crippen LogP contribution in [-0.4, -0.2) is 20.7 Å². The molecule has 0 radical (unpaired) electrons. The number of phenolic OH excluding ortho intramolecular Hbond substituents is 1. The molecule has 2 N–H and O–H groups in total. The number of hydrogen-bond donors (Lipinski definition) is 2. The third-order valence-corrected chi connectivity index (χ3v) is 3.34. The minimum atomic E-state index is -0.739. The van der Waals surface area contributed by atoms with Gasteiger partial charge in [-0.3, -0.25) is 4.79 Å². The number of nitrogens with zero attached hydrogens (tertiary/aromatic N) is 1. The highest BCUT2D eigenvalue weighted by atomic mass is 16.4. The molecule has 0 aliphatic rings. The normalized spacial score (nSPS) is 11.0. The lowest BCUT2D eigenvalue weighted by Gasteiger charge is -2.09. The fraction of sp³-hybridized carbons (Fsp3) is 0.400. The summed E-state index contributed by atoms with van der Waals surface area (Å²) in [5, 5.41) is 19.3.